The fourth-order valence-electron chi connectivity index (χ4n) is 1.24. The maximum absolute atomic E-state index is 12.7. The van der Waals surface area contributed by atoms with E-state index in [1.165, 1.54) is 6.07 Å². The van der Waals surface area contributed by atoms with E-state index in [1.807, 2.05) is 0 Å². The monoisotopic (exact) mass is 308 g/mol. The molecule has 0 fully saturated rings. The molecule has 0 aliphatic carbocycles. The summed E-state index contributed by atoms with van der Waals surface area (Å²) >= 11 is 2.15. The second-order valence-electron chi connectivity index (χ2n) is 3.06. The van der Waals surface area contributed by atoms with E-state index in [1.54, 1.807) is 6.20 Å². The third-order valence-corrected chi connectivity index (χ3v) is 3.19. The van der Waals surface area contributed by atoms with E-state index in [9.17, 15) is 4.39 Å². The molecule has 14 heavy (non-hydrogen) atoms. The summed E-state index contributed by atoms with van der Waals surface area (Å²) in [5, 5.41) is 0. The molecule has 1 aromatic rings. The van der Waals surface area contributed by atoms with Gasteiger partial charge in [0.15, 0.2) is 0 Å². The lowest BCUT2D eigenvalue weighted by atomic mass is 10.2. The van der Waals surface area contributed by atoms with Crippen molar-refractivity contribution in [2.24, 2.45) is 0 Å². The molecule has 0 bridgehead atoms. The van der Waals surface area contributed by atoms with E-state index in [0.29, 0.717) is 0 Å². The van der Waals surface area contributed by atoms with E-state index in [2.05, 4.69) is 46.3 Å². The molecule has 1 rings (SSSR count). The van der Waals surface area contributed by atoms with Crippen LogP contribution in [0.2, 0.25) is 0 Å². The fraction of sp³-hybridized carbons (Fsp3) is 0.500. The van der Waals surface area contributed by atoms with E-state index in [-0.39, 0.29) is 0 Å². The highest BCUT2D eigenvalue weighted by Gasteiger charge is 2.06. The minimum absolute atomic E-state index is 0.405. The standard InChI is InChI=1S/C10H14FIN2/c1-3-14(4-2)7-8-6-13-10(11)5-9(8)12/h5-6H,3-4,7H2,1-2H3. The summed E-state index contributed by atoms with van der Waals surface area (Å²) in [7, 11) is 0. The van der Waals surface area contributed by atoms with Crippen LogP contribution in [0.5, 0.6) is 0 Å². The Hall–Kier alpha value is -0.230. The molecule has 0 aliphatic rings. The topological polar surface area (TPSA) is 16.1 Å². The van der Waals surface area contributed by atoms with Gasteiger partial charge in [-0.25, -0.2) is 4.98 Å². The van der Waals surface area contributed by atoms with Gasteiger partial charge in [0.05, 0.1) is 0 Å². The van der Waals surface area contributed by atoms with Crippen LogP contribution in [0.4, 0.5) is 4.39 Å². The number of halogens is 2. The maximum atomic E-state index is 12.7. The summed E-state index contributed by atoms with van der Waals surface area (Å²) in [4.78, 5) is 5.94. The van der Waals surface area contributed by atoms with Crippen molar-refractivity contribution in [1.29, 1.82) is 0 Å². The molecule has 0 aromatic carbocycles. The van der Waals surface area contributed by atoms with Crippen molar-refractivity contribution in [3.05, 3.63) is 27.3 Å². The minimum atomic E-state index is -0.405. The Morgan fingerprint density at radius 3 is 2.57 bits per heavy atom. The molecular formula is C10H14FIN2. The zero-order chi connectivity index (χ0) is 10.6. The van der Waals surface area contributed by atoms with Gasteiger partial charge in [0.1, 0.15) is 0 Å². The van der Waals surface area contributed by atoms with Gasteiger partial charge in [-0.1, -0.05) is 13.8 Å². The summed E-state index contributed by atoms with van der Waals surface area (Å²) in [6.45, 7) is 7.09. The Balaban J connectivity index is 2.76. The SMILES string of the molecule is CCN(CC)Cc1cnc(F)cc1I. The maximum Gasteiger partial charge on any atom is 0.213 e. The van der Waals surface area contributed by atoms with E-state index >= 15 is 0 Å². The van der Waals surface area contributed by atoms with E-state index in [0.717, 1.165) is 28.8 Å². The molecule has 0 N–H and O–H groups in total. The molecule has 0 amide bonds. The van der Waals surface area contributed by atoms with Crippen molar-refractivity contribution in [3.8, 4) is 0 Å². The van der Waals surface area contributed by atoms with Gasteiger partial charge >= 0.3 is 0 Å². The highest BCUT2D eigenvalue weighted by atomic mass is 127. The molecular weight excluding hydrogens is 294 g/mol. The summed E-state index contributed by atoms with van der Waals surface area (Å²) in [5.41, 5.74) is 1.09. The van der Waals surface area contributed by atoms with E-state index in [4.69, 9.17) is 0 Å². The lowest BCUT2D eigenvalue weighted by Gasteiger charge is -2.18. The average Bonchev–Trinajstić information content (AvgIpc) is 2.17. The Labute approximate surface area is 97.7 Å². The average molecular weight is 308 g/mol. The summed E-state index contributed by atoms with van der Waals surface area (Å²) in [6.07, 6.45) is 1.62. The van der Waals surface area contributed by atoms with Crippen LogP contribution in [0.25, 0.3) is 0 Å². The molecule has 2 nitrogen and oxygen atoms in total. The smallest absolute Gasteiger partial charge is 0.213 e. The number of hydrogen-bond donors (Lipinski definition) is 0. The summed E-state index contributed by atoms with van der Waals surface area (Å²) in [5.74, 6) is -0.405. The third-order valence-electron chi connectivity index (χ3n) is 2.18. The number of aromatic nitrogens is 1. The van der Waals surface area contributed by atoms with Gasteiger partial charge in [0.25, 0.3) is 0 Å². The highest BCUT2D eigenvalue weighted by molar-refractivity contribution is 14.1. The molecule has 0 aliphatic heterocycles. The summed E-state index contributed by atoms with van der Waals surface area (Å²) in [6, 6.07) is 1.47. The Kier molecular flexibility index (Phi) is 4.74. The van der Waals surface area contributed by atoms with Crippen LogP contribution < -0.4 is 0 Å². The van der Waals surface area contributed by atoms with Crippen LogP contribution >= 0.6 is 22.6 Å². The Bertz CT molecular complexity index is 300. The van der Waals surface area contributed by atoms with Crippen molar-refractivity contribution < 1.29 is 4.39 Å². The van der Waals surface area contributed by atoms with Crippen LogP contribution in [0, 0.1) is 9.52 Å². The quantitative estimate of drug-likeness (QED) is 0.628. The minimum Gasteiger partial charge on any atom is -0.300 e. The second kappa shape index (κ2) is 5.60. The van der Waals surface area contributed by atoms with Crippen LogP contribution in [-0.2, 0) is 6.54 Å². The zero-order valence-electron chi connectivity index (χ0n) is 8.43. The lowest BCUT2D eigenvalue weighted by Crippen LogP contribution is -2.22. The largest absolute Gasteiger partial charge is 0.300 e. The predicted molar refractivity (Wildman–Crippen MR) is 63.5 cm³/mol. The molecule has 4 heteroatoms. The molecule has 0 atom stereocenters. The van der Waals surface area contributed by atoms with Crippen molar-refractivity contribution >= 4 is 22.6 Å². The van der Waals surface area contributed by atoms with Crippen LogP contribution in [0.3, 0.4) is 0 Å². The number of nitrogens with zero attached hydrogens (tertiary/aromatic N) is 2. The zero-order valence-corrected chi connectivity index (χ0v) is 10.6. The first kappa shape index (κ1) is 11.8. The van der Waals surface area contributed by atoms with Crippen LogP contribution in [-0.4, -0.2) is 23.0 Å². The predicted octanol–water partition coefficient (Wildman–Crippen LogP) is 2.67. The number of rotatable bonds is 4. The number of pyridine rings is 1. The Morgan fingerprint density at radius 2 is 2.07 bits per heavy atom. The molecule has 0 unspecified atom stereocenters. The molecule has 0 saturated carbocycles. The van der Waals surface area contributed by atoms with Crippen LogP contribution in [0.15, 0.2) is 12.3 Å². The highest BCUT2D eigenvalue weighted by Crippen LogP contribution is 2.13. The van der Waals surface area contributed by atoms with Crippen molar-refractivity contribution in [2.45, 2.75) is 20.4 Å². The second-order valence-corrected chi connectivity index (χ2v) is 4.22. The normalized spacial score (nSPS) is 10.9. The van der Waals surface area contributed by atoms with Crippen molar-refractivity contribution in [2.75, 3.05) is 13.1 Å². The third kappa shape index (κ3) is 3.16. The molecule has 1 aromatic heterocycles. The fourth-order valence-corrected chi connectivity index (χ4v) is 1.81. The molecule has 78 valence electrons. The molecule has 1 heterocycles. The van der Waals surface area contributed by atoms with E-state index < -0.39 is 5.95 Å². The van der Waals surface area contributed by atoms with Gasteiger partial charge in [-0.3, -0.25) is 4.90 Å². The summed E-state index contributed by atoms with van der Waals surface area (Å²) < 4.78 is 13.7. The van der Waals surface area contributed by atoms with Gasteiger partial charge in [-0.2, -0.15) is 4.39 Å². The Morgan fingerprint density at radius 1 is 1.43 bits per heavy atom. The van der Waals surface area contributed by atoms with Crippen molar-refractivity contribution in [1.82, 2.24) is 9.88 Å². The molecule has 0 saturated heterocycles. The van der Waals surface area contributed by atoms with Gasteiger partial charge in [0.2, 0.25) is 5.95 Å². The van der Waals surface area contributed by atoms with Crippen LogP contribution in [0.1, 0.15) is 19.4 Å². The lowest BCUT2D eigenvalue weighted by molar-refractivity contribution is 0.294. The van der Waals surface area contributed by atoms with Gasteiger partial charge in [-0.05, 0) is 41.2 Å². The first-order valence-electron chi connectivity index (χ1n) is 4.69. The number of hydrogen-bond acceptors (Lipinski definition) is 2. The molecule has 0 radical (unpaired) electrons. The van der Waals surface area contributed by atoms with Gasteiger partial charge < -0.3 is 0 Å². The van der Waals surface area contributed by atoms with Gasteiger partial charge in [-0.15, -0.1) is 0 Å². The van der Waals surface area contributed by atoms with Gasteiger partial charge in [0, 0.05) is 22.4 Å². The molecule has 0 spiro atoms. The first-order chi connectivity index (χ1) is 6.67. The van der Waals surface area contributed by atoms with Crippen molar-refractivity contribution in [3.63, 3.8) is 0 Å². The first-order valence-corrected chi connectivity index (χ1v) is 5.77.